The van der Waals surface area contributed by atoms with Gasteiger partial charge in [0.05, 0.1) is 23.4 Å². The molecule has 1 aliphatic carbocycles. The fourth-order valence-electron chi connectivity index (χ4n) is 4.03. The van der Waals surface area contributed by atoms with Crippen molar-refractivity contribution < 1.29 is 41.1 Å². The van der Waals surface area contributed by atoms with Crippen molar-refractivity contribution in [3.8, 4) is 0 Å². The summed E-state index contributed by atoms with van der Waals surface area (Å²) in [6.45, 7) is 0. The highest BCUT2D eigenvalue weighted by Crippen LogP contribution is 2.36. The van der Waals surface area contributed by atoms with Crippen LogP contribution in [0.25, 0.3) is 0 Å². The lowest BCUT2D eigenvalue weighted by Crippen LogP contribution is -2.23. The lowest BCUT2D eigenvalue weighted by Gasteiger charge is -2.16. The Bertz CT molecular complexity index is 1480. The van der Waals surface area contributed by atoms with E-state index < -0.39 is 61.1 Å². The summed E-state index contributed by atoms with van der Waals surface area (Å²) in [5.41, 5.74) is -1.86. The Morgan fingerprint density at radius 2 is 1.87 bits per heavy atom. The number of rotatable bonds is 8. The normalized spacial score (nSPS) is 14.4. The Morgan fingerprint density at radius 3 is 2.47 bits per heavy atom. The Hall–Kier alpha value is -3.79. The fourth-order valence-corrected chi connectivity index (χ4v) is 6.68. The van der Waals surface area contributed by atoms with Gasteiger partial charge >= 0.3 is 18.2 Å². The van der Waals surface area contributed by atoms with E-state index in [2.05, 4.69) is 25.6 Å². The van der Waals surface area contributed by atoms with E-state index in [9.17, 15) is 36.0 Å². The van der Waals surface area contributed by atoms with E-state index in [0.717, 1.165) is 25.0 Å². The van der Waals surface area contributed by atoms with Gasteiger partial charge in [0.2, 0.25) is 5.16 Å². The number of nitrogens with zero attached hydrogens (tertiary/aromatic N) is 2. The van der Waals surface area contributed by atoms with Crippen LogP contribution in [0.15, 0.2) is 40.0 Å². The number of urea groups is 1. The molecule has 11 nitrogen and oxygen atoms in total. The number of aromatic amines is 1. The van der Waals surface area contributed by atoms with Crippen LogP contribution in [-0.2, 0) is 27.2 Å². The summed E-state index contributed by atoms with van der Waals surface area (Å²) in [5, 5.41) is 13.0. The van der Waals surface area contributed by atoms with E-state index in [-0.39, 0.29) is 22.1 Å². The molecule has 0 spiro atoms. The smallest absolute Gasteiger partial charge is 0.416 e. The molecule has 16 heteroatoms. The summed E-state index contributed by atoms with van der Waals surface area (Å²) in [6, 6.07) is 1.36. The average molecular weight is 572 g/mol. The first-order valence-electron chi connectivity index (χ1n) is 11.2. The van der Waals surface area contributed by atoms with Gasteiger partial charge in [0.1, 0.15) is 0 Å². The summed E-state index contributed by atoms with van der Waals surface area (Å²) in [6.07, 6.45) is -0.442. The first kappa shape index (κ1) is 27.3. The maximum Gasteiger partial charge on any atom is 0.416 e. The number of hydrogen-bond acceptors (Lipinski definition) is 8. The molecule has 0 saturated heterocycles. The summed E-state index contributed by atoms with van der Waals surface area (Å²) < 4.78 is 65.2. The van der Waals surface area contributed by atoms with Crippen LogP contribution in [0.3, 0.4) is 0 Å². The fraction of sp³-hybridized carbons (Fsp3) is 0.318. The molecular formula is C22H20F3N5O6S2. The number of halogens is 3. The maximum atomic E-state index is 13.3. The number of benzene rings is 1. The molecule has 2 aromatic heterocycles. The third-order valence-corrected chi connectivity index (χ3v) is 8.93. The highest BCUT2D eigenvalue weighted by Gasteiger charge is 2.34. The van der Waals surface area contributed by atoms with E-state index in [1.165, 1.54) is 12.4 Å². The molecule has 202 valence electrons. The third kappa shape index (κ3) is 5.85. The number of anilines is 2. The molecule has 1 saturated carbocycles. The number of aromatic nitrogens is 3. The SMILES string of the molecule is O=C(O)Cc1nc(NC(=O)Nc2ccc(C(F)(F)F)cc2C(=O)C2CCCC2)sc1S(=O)(=O)c1ncc[nH]1. The zero-order chi connectivity index (χ0) is 27.7. The molecule has 0 bridgehead atoms. The van der Waals surface area contributed by atoms with Crippen LogP contribution in [0.2, 0.25) is 0 Å². The van der Waals surface area contributed by atoms with Crippen molar-refractivity contribution in [3.63, 3.8) is 0 Å². The molecule has 0 radical (unpaired) electrons. The predicted octanol–water partition coefficient (Wildman–Crippen LogP) is 4.36. The second kappa shape index (κ2) is 10.5. The molecule has 3 aromatic rings. The monoisotopic (exact) mass is 571 g/mol. The van der Waals surface area contributed by atoms with Gasteiger partial charge in [-0.1, -0.05) is 24.2 Å². The van der Waals surface area contributed by atoms with Gasteiger partial charge in [0.15, 0.2) is 15.1 Å². The second-order valence-corrected chi connectivity index (χ2v) is 11.5. The minimum atomic E-state index is -4.71. The minimum absolute atomic E-state index is 0.168. The zero-order valence-corrected chi connectivity index (χ0v) is 21.0. The largest absolute Gasteiger partial charge is 0.481 e. The Balaban J connectivity index is 1.61. The average Bonchev–Trinajstić information content (AvgIpc) is 3.60. The molecule has 0 aliphatic heterocycles. The van der Waals surface area contributed by atoms with Crippen molar-refractivity contribution in [2.75, 3.05) is 10.6 Å². The number of alkyl halides is 3. The lowest BCUT2D eigenvalue weighted by atomic mass is 9.93. The van der Waals surface area contributed by atoms with Gasteiger partial charge in [-0.25, -0.2) is 23.2 Å². The van der Waals surface area contributed by atoms with Gasteiger partial charge in [0, 0.05) is 23.9 Å². The Kier molecular flexibility index (Phi) is 7.55. The van der Waals surface area contributed by atoms with Crippen molar-refractivity contribution >= 4 is 49.8 Å². The number of thiazole rings is 1. The number of aliphatic carboxylic acids is 1. The van der Waals surface area contributed by atoms with Gasteiger partial charge in [-0.2, -0.15) is 13.2 Å². The predicted molar refractivity (Wildman–Crippen MR) is 128 cm³/mol. The number of H-pyrrole nitrogens is 1. The summed E-state index contributed by atoms with van der Waals surface area (Å²) >= 11 is 0.472. The van der Waals surface area contributed by atoms with Crippen molar-refractivity contribution in [1.29, 1.82) is 0 Å². The summed E-state index contributed by atoms with van der Waals surface area (Å²) in [7, 11) is -4.29. The van der Waals surface area contributed by atoms with E-state index in [0.29, 0.717) is 30.2 Å². The van der Waals surface area contributed by atoms with Crippen LogP contribution < -0.4 is 10.6 Å². The number of ketones is 1. The van der Waals surface area contributed by atoms with Gasteiger partial charge < -0.3 is 15.4 Å². The van der Waals surface area contributed by atoms with Gasteiger partial charge in [-0.15, -0.1) is 0 Å². The molecule has 2 heterocycles. The van der Waals surface area contributed by atoms with Crippen molar-refractivity contribution in [2.24, 2.45) is 5.92 Å². The number of amides is 2. The maximum absolute atomic E-state index is 13.3. The molecule has 1 aromatic carbocycles. The molecule has 2 amide bonds. The summed E-state index contributed by atoms with van der Waals surface area (Å²) in [4.78, 5) is 46.9. The van der Waals surface area contributed by atoms with Crippen LogP contribution >= 0.6 is 11.3 Å². The summed E-state index contributed by atoms with van der Waals surface area (Å²) in [5.74, 6) is -2.36. The molecular weight excluding hydrogens is 551 g/mol. The van der Waals surface area contributed by atoms with Crippen LogP contribution in [0.1, 0.15) is 47.3 Å². The zero-order valence-electron chi connectivity index (χ0n) is 19.3. The topological polar surface area (TPSA) is 171 Å². The molecule has 0 atom stereocenters. The first-order chi connectivity index (χ1) is 17.9. The Labute approximate surface area is 217 Å². The standard InChI is InChI=1S/C22H20F3N5O6S2/c23-22(24,25)12-5-6-14(13(9-12)17(33)11-3-1-2-4-11)28-19(34)30-20-29-15(10-16(31)32)18(37-20)38(35,36)21-26-7-8-27-21/h5-9,11H,1-4,10H2,(H,26,27)(H,31,32)(H2,28,29,30,34). The van der Waals surface area contributed by atoms with Gasteiger partial charge in [0.25, 0.3) is 9.84 Å². The van der Waals surface area contributed by atoms with E-state index in [1.54, 1.807) is 0 Å². The lowest BCUT2D eigenvalue weighted by molar-refractivity contribution is -0.138. The van der Waals surface area contributed by atoms with Crippen molar-refractivity contribution in [3.05, 3.63) is 47.4 Å². The first-order valence-corrected chi connectivity index (χ1v) is 13.5. The van der Waals surface area contributed by atoms with Crippen LogP contribution in [0.4, 0.5) is 28.8 Å². The molecule has 38 heavy (non-hydrogen) atoms. The molecule has 1 aliphatic rings. The van der Waals surface area contributed by atoms with Crippen LogP contribution in [0.5, 0.6) is 0 Å². The van der Waals surface area contributed by atoms with Gasteiger partial charge in [-0.3, -0.25) is 14.9 Å². The molecule has 0 unspecified atom stereocenters. The quantitative estimate of drug-likeness (QED) is 0.289. The molecule has 4 rings (SSSR count). The van der Waals surface area contributed by atoms with Gasteiger partial charge in [-0.05, 0) is 31.0 Å². The molecule has 4 N–H and O–H groups in total. The third-order valence-electron chi connectivity index (χ3n) is 5.76. The number of carboxylic acid groups (broad SMARTS) is 1. The number of nitrogens with one attached hydrogen (secondary N) is 3. The number of carbonyl (C=O) groups excluding carboxylic acids is 2. The minimum Gasteiger partial charge on any atom is -0.481 e. The number of hydrogen-bond donors (Lipinski definition) is 4. The van der Waals surface area contributed by atoms with E-state index in [1.807, 2.05) is 0 Å². The molecule has 1 fully saturated rings. The number of Topliss-reactive ketones (excluding diaryl/α,β-unsaturated/α-hetero) is 1. The number of sulfone groups is 1. The van der Waals surface area contributed by atoms with E-state index in [4.69, 9.17) is 5.11 Å². The van der Waals surface area contributed by atoms with Crippen molar-refractivity contribution in [2.45, 2.75) is 47.6 Å². The highest BCUT2D eigenvalue weighted by atomic mass is 32.2. The van der Waals surface area contributed by atoms with Crippen LogP contribution in [-0.4, -0.2) is 46.3 Å². The number of carboxylic acids is 1. The van der Waals surface area contributed by atoms with Crippen molar-refractivity contribution in [1.82, 2.24) is 15.0 Å². The highest BCUT2D eigenvalue weighted by molar-refractivity contribution is 7.93. The number of carbonyl (C=O) groups is 3. The Morgan fingerprint density at radius 1 is 1.16 bits per heavy atom. The second-order valence-electron chi connectivity index (χ2n) is 8.40. The number of imidazole rings is 1. The van der Waals surface area contributed by atoms with E-state index >= 15 is 0 Å². The van der Waals surface area contributed by atoms with Crippen LogP contribution in [0, 0.1) is 5.92 Å².